The molecule has 4 heteroatoms. The third-order valence-corrected chi connectivity index (χ3v) is 4.69. The van der Waals surface area contributed by atoms with Crippen LogP contribution in [0.4, 0.5) is 8.78 Å². The van der Waals surface area contributed by atoms with Crippen LogP contribution in [0.3, 0.4) is 0 Å². The van der Waals surface area contributed by atoms with E-state index >= 15 is 0 Å². The summed E-state index contributed by atoms with van der Waals surface area (Å²) >= 11 is 0. The third kappa shape index (κ3) is 2.45. The van der Waals surface area contributed by atoms with Crippen molar-refractivity contribution in [3.63, 3.8) is 0 Å². The molecule has 98 valence electrons. The molecule has 1 N–H and O–H groups in total. The minimum Gasteiger partial charge on any atom is -0.481 e. The van der Waals surface area contributed by atoms with Crippen molar-refractivity contribution in [3.05, 3.63) is 0 Å². The van der Waals surface area contributed by atoms with Crippen LogP contribution in [0.5, 0.6) is 0 Å². The highest BCUT2D eigenvalue weighted by Gasteiger charge is 2.52. The quantitative estimate of drug-likeness (QED) is 0.803. The van der Waals surface area contributed by atoms with Crippen LogP contribution in [0.1, 0.15) is 57.8 Å². The van der Waals surface area contributed by atoms with E-state index in [-0.39, 0.29) is 31.6 Å². The summed E-state index contributed by atoms with van der Waals surface area (Å²) in [5.41, 5.74) is -0.859. The number of hydrogen-bond donors (Lipinski definition) is 1. The fraction of sp³-hybridized carbons (Fsp3) is 0.923. The van der Waals surface area contributed by atoms with Crippen molar-refractivity contribution in [1.82, 2.24) is 0 Å². The average Bonchev–Trinajstić information content (AvgIpc) is 2.30. The molecule has 0 saturated heterocycles. The van der Waals surface area contributed by atoms with Gasteiger partial charge in [0.2, 0.25) is 5.92 Å². The molecule has 0 aromatic carbocycles. The van der Waals surface area contributed by atoms with Gasteiger partial charge in [-0.3, -0.25) is 4.79 Å². The van der Waals surface area contributed by atoms with E-state index in [1.807, 2.05) is 0 Å². The summed E-state index contributed by atoms with van der Waals surface area (Å²) in [6, 6.07) is 0. The minimum atomic E-state index is -2.65. The average molecular weight is 246 g/mol. The number of hydrogen-bond acceptors (Lipinski definition) is 1. The van der Waals surface area contributed by atoms with E-state index in [9.17, 15) is 18.7 Å². The molecule has 0 unspecified atom stereocenters. The van der Waals surface area contributed by atoms with Gasteiger partial charge in [-0.2, -0.15) is 0 Å². The minimum absolute atomic E-state index is 0.116. The van der Waals surface area contributed by atoms with E-state index in [1.54, 1.807) is 0 Å². The number of aliphatic carboxylic acids is 1. The Kier molecular flexibility index (Phi) is 3.41. The number of alkyl halides is 2. The fourth-order valence-corrected chi connectivity index (χ4v) is 3.51. The van der Waals surface area contributed by atoms with Crippen LogP contribution in [0.25, 0.3) is 0 Å². The van der Waals surface area contributed by atoms with Crippen LogP contribution in [-0.2, 0) is 4.79 Å². The van der Waals surface area contributed by atoms with E-state index in [4.69, 9.17) is 0 Å². The summed E-state index contributed by atoms with van der Waals surface area (Å²) in [7, 11) is 0. The predicted octanol–water partition coefficient (Wildman–Crippen LogP) is 3.85. The molecule has 0 atom stereocenters. The van der Waals surface area contributed by atoms with Crippen LogP contribution in [-0.4, -0.2) is 17.0 Å². The van der Waals surface area contributed by atoms with Gasteiger partial charge in [0.1, 0.15) is 0 Å². The van der Waals surface area contributed by atoms with Gasteiger partial charge in [-0.05, 0) is 31.6 Å². The SMILES string of the molecule is O=C(O)C1(C2CCCCC2)CCC(F)(F)CC1. The van der Waals surface area contributed by atoms with Gasteiger partial charge in [0.25, 0.3) is 0 Å². The molecule has 0 amide bonds. The third-order valence-electron chi connectivity index (χ3n) is 4.69. The Labute approximate surface area is 100 Å². The molecule has 0 aromatic heterocycles. The molecule has 0 spiro atoms. The molecule has 17 heavy (non-hydrogen) atoms. The molecule has 2 rings (SSSR count). The number of halogens is 2. The second-order valence-electron chi connectivity index (χ2n) is 5.65. The smallest absolute Gasteiger partial charge is 0.309 e. The summed E-state index contributed by atoms with van der Waals surface area (Å²) in [5.74, 6) is -3.38. The molecule has 2 aliphatic carbocycles. The predicted molar refractivity (Wildman–Crippen MR) is 60.1 cm³/mol. The van der Waals surface area contributed by atoms with Crippen molar-refractivity contribution in [3.8, 4) is 0 Å². The first kappa shape index (κ1) is 12.8. The van der Waals surface area contributed by atoms with Crippen LogP contribution >= 0.6 is 0 Å². The highest BCUT2D eigenvalue weighted by atomic mass is 19.3. The van der Waals surface area contributed by atoms with Crippen molar-refractivity contribution in [2.45, 2.75) is 63.7 Å². The summed E-state index contributed by atoms with van der Waals surface area (Å²) in [4.78, 5) is 11.5. The normalized spacial score (nSPS) is 28.8. The molecule has 2 fully saturated rings. The maximum atomic E-state index is 13.2. The maximum Gasteiger partial charge on any atom is 0.309 e. The van der Waals surface area contributed by atoms with E-state index in [2.05, 4.69) is 0 Å². The van der Waals surface area contributed by atoms with E-state index in [0.717, 1.165) is 32.1 Å². The number of carbonyl (C=O) groups is 1. The Hall–Kier alpha value is -0.670. The topological polar surface area (TPSA) is 37.3 Å². The molecule has 2 nitrogen and oxygen atoms in total. The van der Waals surface area contributed by atoms with E-state index in [1.165, 1.54) is 0 Å². The van der Waals surface area contributed by atoms with Gasteiger partial charge in [0.05, 0.1) is 5.41 Å². The summed E-state index contributed by atoms with van der Waals surface area (Å²) in [6.07, 6.45) is 4.86. The van der Waals surface area contributed by atoms with Crippen molar-refractivity contribution >= 4 is 5.97 Å². The van der Waals surface area contributed by atoms with Crippen molar-refractivity contribution in [1.29, 1.82) is 0 Å². The molecular weight excluding hydrogens is 226 g/mol. The first-order valence-electron chi connectivity index (χ1n) is 6.58. The largest absolute Gasteiger partial charge is 0.481 e. The van der Waals surface area contributed by atoms with Crippen LogP contribution in [0.15, 0.2) is 0 Å². The van der Waals surface area contributed by atoms with Crippen LogP contribution in [0, 0.1) is 11.3 Å². The zero-order valence-electron chi connectivity index (χ0n) is 10.1. The fourth-order valence-electron chi connectivity index (χ4n) is 3.51. The molecule has 0 bridgehead atoms. The summed E-state index contributed by atoms with van der Waals surface area (Å²) in [5, 5.41) is 9.47. The lowest BCUT2D eigenvalue weighted by Gasteiger charge is -2.43. The Morgan fingerprint density at radius 1 is 1.00 bits per heavy atom. The van der Waals surface area contributed by atoms with Gasteiger partial charge >= 0.3 is 5.97 Å². The Morgan fingerprint density at radius 3 is 2.00 bits per heavy atom. The molecule has 0 aliphatic heterocycles. The maximum absolute atomic E-state index is 13.2. The van der Waals surface area contributed by atoms with Crippen molar-refractivity contribution < 1.29 is 18.7 Å². The van der Waals surface area contributed by atoms with E-state index < -0.39 is 17.3 Å². The molecular formula is C13H20F2O2. The van der Waals surface area contributed by atoms with E-state index in [0.29, 0.717) is 0 Å². The number of rotatable bonds is 2. The molecule has 2 aliphatic rings. The molecule has 0 aromatic rings. The standard InChI is InChI=1S/C13H20F2O2/c14-13(15)8-6-12(7-9-13,11(16)17)10-4-2-1-3-5-10/h10H,1-9H2,(H,16,17). The zero-order chi connectivity index (χ0) is 12.5. The number of carboxylic acid groups (broad SMARTS) is 1. The molecule has 2 saturated carbocycles. The van der Waals surface area contributed by atoms with Crippen LogP contribution in [0.2, 0.25) is 0 Å². The number of carboxylic acids is 1. The van der Waals surface area contributed by atoms with Gasteiger partial charge in [-0.1, -0.05) is 19.3 Å². The lowest BCUT2D eigenvalue weighted by atomic mass is 9.61. The summed E-state index contributed by atoms with van der Waals surface area (Å²) in [6.45, 7) is 0. The molecule has 0 heterocycles. The first-order valence-corrected chi connectivity index (χ1v) is 6.58. The Balaban J connectivity index is 2.13. The van der Waals surface area contributed by atoms with Crippen molar-refractivity contribution in [2.24, 2.45) is 11.3 Å². The highest BCUT2D eigenvalue weighted by Crippen LogP contribution is 2.51. The zero-order valence-corrected chi connectivity index (χ0v) is 10.1. The summed E-state index contributed by atoms with van der Waals surface area (Å²) < 4.78 is 26.4. The van der Waals surface area contributed by atoms with Gasteiger partial charge in [0, 0.05) is 12.8 Å². The lowest BCUT2D eigenvalue weighted by Crippen LogP contribution is -2.45. The first-order chi connectivity index (χ1) is 7.96. The second-order valence-corrected chi connectivity index (χ2v) is 5.65. The van der Waals surface area contributed by atoms with Gasteiger partial charge in [-0.15, -0.1) is 0 Å². The molecule has 0 radical (unpaired) electrons. The Morgan fingerprint density at radius 2 is 1.53 bits per heavy atom. The van der Waals surface area contributed by atoms with Gasteiger partial charge < -0.3 is 5.11 Å². The van der Waals surface area contributed by atoms with Crippen molar-refractivity contribution in [2.75, 3.05) is 0 Å². The van der Waals surface area contributed by atoms with Gasteiger partial charge in [0.15, 0.2) is 0 Å². The van der Waals surface area contributed by atoms with Gasteiger partial charge in [-0.25, -0.2) is 8.78 Å². The lowest BCUT2D eigenvalue weighted by molar-refractivity contribution is -0.164. The van der Waals surface area contributed by atoms with Crippen LogP contribution < -0.4 is 0 Å². The Bertz CT molecular complexity index is 286. The monoisotopic (exact) mass is 246 g/mol. The second kappa shape index (κ2) is 4.54. The highest BCUT2D eigenvalue weighted by molar-refractivity contribution is 5.75.